The van der Waals surface area contributed by atoms with Crippen LogP contribution in [0.3, 0.4) is 0 Å². The van der Waals surface area contributed by atoms with Gasteiger partial charge in [0.2, 0.25) is 0 Å². The molecule has 3 N–H and O–H groups in total. The second-order valence-corrected chi connectivity index (χ2v) is 2.77. The van der Waals surface area contributed by atoms with Gasteiger partial charge in [0.25, 0.3) is 0 Å². The third kappa shape index (κ3) is 1.88. The summed E-state index contributed by atoms with van der Waals surface area (Å²) in [6, 6.07) is 3.21. The van der Waals surface area contributed by atoms with Crippen molar-refractivity contribution in [3.8, 4) is 0 Å². The molecule has 0 aromatic carbocycles. The molecule has 0 aliphatic rings. The van der Waals surface area contributed by atoms with Gasteiger partial charge in [-0.05, 0) is 12.1 Å². The number of carboxylic acids is 1. The Balaban J connectivity index is 2.85. The Bertz CT molecular complexity index is 307. The van der Waals surface area contributed by atoms with Crippen LogP contribution in [0.2, 0.25) is 0 Å². The highest BCUT2D eigenvalue weighted by atomic mass is 16.4. The minimum Gasteiger partial charge on any atom is -0.479 e. The normalized spacial score (nSPS) is 15.3. The SMILES string of the molecule is Cn1cccc1C(O)C(O)C(=O)O. The van der Waals surface area contributed by atoms with Gasteiger partial charge in [0, 0.05) is 18.9 Å². The molecule has 0 aliphatic carbocycles. The Morgan fingerprint density at radius 1 is 1.54 bits per heavy atom. The zero-order chi connectivity index (χ0) is 10.0. The molecule has 2 atom stereocenters. The summed E-state index contributed by atoms with van der Waals surface area (Å²) >= 11 is 0. The minimum atomic E-state index is -1.78. The van der Waals surface area contributed by atoms with Gasteiger partial charge >= 0.3 is 5.97 Å². The number of carbonyl (C=O) groups is 1. The molecule has 0 spiro atoms. The van der Waals surface area contributed by atoms with Crippen molar-refractivity contribution in [1.29, 1.82) is 0 Å². The zero-order valence-corrected chi connectivity index (χ0v) is 7.08. The first kappa shape index (κ1) is 9.76. The number of aliphatic hydroxyl groups is 2. The molecule has 72 valence electrons. The van der Waals surface area contributed by atoms with Gasteiger partial charge in [0.15, 0.2) is 6.10 Å². The lowest BCUT2D eigenvalue weighted by atomic mass is 10.1. The number of aliphatic carboxylic acids is 1. The molecule has 0 fully saturated rings. The van der Waals surface area contributed by atoms with Crippen molar-refractivity contribution in [2.75, 3.05) is 0 Å². The summed E-state index contributed by atoms with van der Waals surface area (Å²) in [6.07, 6.45) is -1.52. The molecule has 0 radical (unpaired) electrons. The van der Waals surface area contributed by atoms with Gasteiger partial charge in [-0.15, -0.1) is 0 Å². The zero-order valence-electron chi connectivity index (χ0n) is 7.08. The lowest BCUT2D eigenvalue weighted by Gasteiger charge is -2.14. The standard InChI is InChI=1S/C8H11NO4/c1-9-4-2-3-5(9)6(10)7(11)8(12)13/h2-4,6-7,10-11H,1H3,(H,12,13). The topological polar surface area (TPSA) is 82.7 Å². The third-order valence-electron chi connectivity index (χ3n) is 1.84. The highest BCUT2D eigenvalue weighted by Crippen LogP contribution is 2.16. The largest absolute Gasteiger partial charge is 0.479 e. The number of nitrogens with zero attached hydrogens (tertiary/aromatic N) is 1. The molecule has 0 aliphatic heterocycles. The lowest BCUT2D eigenvalue weighted by molar-refractivity contribution is -0.153. The van der Waals surface area contributed by atoms with Crippen LogP contribution in [0, 0.1) is 0 Å². The number of aromatic nitrogens is 1. The van der Waals surface area contributed by atoms with Gasteiger partial charge in [-0.25, -0.2) is 4.79 Å². The highest BCUT2D eigenvalue weighted by Gasteiger charge is 2.26. The Hall–Kier alpha value is -1.33. The van der Waals surface area contributed by atoms with E-state index in [1.54, 1.807) is 29.9 Å². The molecule has 2 unspecified atom stereocenters. The first-order chi connectivity index (χ1) is 6.04. The van der Waals surface area contributed by atoms with Crippen molar-refractivity contribution in [1.82, 2.24) is 4.57 Å². The van der Waals surface area contributed by atoms with Crippen molar-refractivity contribution in [3.05, 3.63) is 24.0 Å². The van der Waals surface area contributed by atoms with Crippen LogP contribution in [-0.2, 0) is 11.8 Å². The average molecular weight is 185 g/mol. The fraction of sp³-hybridized carbons (Fsp3) is 0.375. The molecule has 1 aromatic heterocycles. The van der Waals surface area contributed by atoms with Crippen LogP contribution in [-0.4, -0.2) is 32.0 Å². The third-order valence-corrected chi connectivity index (χ3v) is 1.84. The predicted molar refractivity (Wildman–Crippen MR) is 44.0 cm³/mol. The number of aliphatic hydroxyl groups excluding tert-OH is 2. The van der Waals surface area contributed by atoms with Crippen LogP contribution in [0.25, 0.3) is 0 Å². The van der Waals surface area contributed by atoms with Crippen molar-refractivity contribution < 1.29 is 20.1 Å². The Morgan fingerprint density at radius 2 is 2.15 bits per heavy atom. The van der Waals surface area contributed by atoms with Gasteiger partial charge in [-0.2, -0.15) is 0 Å². The molecule has 1 rings (SSSR count). The summed E-state index contributed by atoms with van der Waals surface area (Å²) in [7, 11) is 1.66. The van der Waals surface area contributed by atoms with Crippen LogP contribution in [0.1, 0.15) is 11.8 Å². The van der Waals surface area contributed by atoms with Crippen LogP contribution in [0.15, 0.2) is 18.3 Å². The quantitative estimate of drug-likeness (QED) is 0.593. The molecule has 1 heterocycles. The average Bonchev–Trinajstić information content (AvgIpc) is 2.48. The molecule has 0 saturated carbocycles. The number of rotatable bonds is 3. The smallest absolute Gasteiger partial charge is 0.335 e. The molecule has 1 aromatic rings. The lowest BCUT2D eigenvalue weighted by Crippen LogP contribution is -2.28. The maximum Gasteiger partial charge on any atom is 0.335 e. The number of carboxylic acid groups (broad SMARTS) is 1. The van der Waals surface area contributed by atoms with E-state index in [4.69, 9.17) is 10.2 Å². The van der Waals surface area contributed by atoms with Crippen LogP contribution >= 0.6 is 0 Å². The first-order valence-corrected chi connectivity index (χ1v) is 3.74. The van der Waals surface area contributed by atoms with Crippen molar-refractivity contribution in [3.63, 3.8) is 0 Å². The highest BCUT2D eigenvalue weighted by molar-refractivity contribution is 5.72. The summed E-state index contributed by atoms with van der Waals surface area (Å²) < 4.78 is 1.55. The molecule has 5 nitrogen and oxygen atoms in total. The minimum absolute atomic E-state index is 0.370. The van der Waals surface area contributed by atoms with Crippen LogP contribution in [0.4, 0.5) is 0 Å². The summed E-state index contributed by atoms with van der Waals surface area (Å²) in [4.78, 5) is 10.3. The summed E-state index contributed by atoms with van der Waals surface area (Å²) in [5, 5.41) is 26.8. The van der Waals surface area contributed by atoms with Crippen molar-refractivity contribution >= 4 is 5.97 Å². The summed E-state index contributed by atoms with van der Waals surface area (Å²) in [5.41, 5.74) is 0.370. The number of hydrogen-bond acceptors (Lipinski definition) is 3. The van der Waals surface area contributed by atoms with Gasteiger partial charge in [0.05, 0.1) is 0 Å². The van der Waals surface area contributed by atoms with E-state index < -0.39 is 18.2 Å². The summed E-state index contributed by atoms with van der Waals surface area (Å²) in [5.74, 6) is -1.44. The molecule has 13 heavy (non-hydrogen) atoms. The van der Waals surface area contributed by atoms with E-state index in [0.29, 0.717) is 5.69 Å². The molecule has 0 amide bonds. The Labute approximate surface area is 74.9 Å². The van der Waals surface area contributed by atoms with Gasteiger partial charge < -0.3 is 19.9 Å². The molecular formula is C8H11NO4. The monoisotopic (exact) mass is 185 g/mol. The summed E-state index contributed by atoms with van der Waals surface area (Å²) in [6.45, 7) is 0. The molecule has 0 bridgehead atoms. The van der Waals surface area contributed by atoms with Crippen molar-refractivity contribution in [2.45, 2.75) is 12.2 Å². The second kappa shape index (κ2) is 3.59. The first-order valence-electron chi connectivity index (χ1n) is 3.74. The Kier molecular flexibility index (Phi) is 2.69. The van der Waals surface area contributed by atoms with E-state index in [1.807, 2.05) is 0 Å². The predicted octanol–water partition coefficient (Wildman–Crippen LogP) is -0.496. The van der Waals surface area contributed by atoms with E-state index in [9.17, 15) is 9.90 Å². The molecule has 5 heteroatoms. The number of aryl methyl sites for hydroxylation is 1. The van der Waals surface area contributed by atoms with E-state index in [2.05, 4.69) is 0 Å². The van der Waals surface area contributed by atoms with E-state index in [-0.39, 0.29) is 0 Å². The second-order valence-electron chi connectivity index (χ2n) is 2.77. The van der Waals surface area contributed by atoms with E-state index in [0.717, 1.165) is 0 Å². The van der Waals surface area contributed by atoms with Gasteiger partial charge in [0.1, 0.15) is 6.10 Å². The molecular weight excluding hydrogens is 174 g/mol. The van der Waals surface area contributed by atoms with Gasteiger partial charge in [-0.1, -0.05) is 0 Å². The van der Waals surface area contributed by atoms with Crippen LogP contribution in [0.5, 0.6) is 0 Å². The number of hydrogen-bond donors (Lipinski definition) is 3. The fourth-order valence-electron chi connectivity index (χ4n) is 1.08. The van der Waals surface area contributed by atoms with Crippen LogP contribution < -0.4 is 0 Å². The van der Waals surface area contributed by atoms with E-state index >= 15 is 0 Å². The maximum atomic E-state index is 10.3. The van der Waals surface area contributed by atoms with Crippen molar-refractivity contribution in [2.24, 2.45) is 7.05 Å². The fourth-order valence-corrected chi connectivity index (χ4v) is 1.08. The van der Waals surface area contributed by atoms with E-state index in [1.165, 1.54) is 0 Å². The molecule has 0 saturated heterocycles. The maximum absolute atomic E-state index is 10.3. The van der Waals surface area contributed by atoms with Gasteiger partial charge in [-0.3, -0.25) is 0 Å². The Morgan fingerprint density at radius 3 is 2.54 bits per heavy atom.